The third-order valence-corrected chi connectivity index (χ3v) is 7.78. The average molecular weight is 521 g/mol. The normalized spacial score (nSPS) is 11.9. The summed E-state index contributed by atoms with van der Waals surface area (Å²) < 4.78 is 38.5. The van der Waals surface area contributed by atoms with Crippen LogP contribution in [0.3, 0.4) is 0 Å². The van der Waals surface area contributed by atoms with Crippen LogP contribution in [0.4, 0.5) is 0 Å². The maximum Gasteiger partial charge on any atom is 0.227 e. The molecule has 0 bridgehead atoms. The second-order valence-corrected chi connectivity index (χ2v) is 10.6. The third kappa shape index (κ3) is 3.97. The number of sulfone groups is 1. The van der Waals surface area contributed by atoms with E-state index in [2.05, 4.69) is 9.97 Å². The number of rotatable bonds is 4. The van der Waals surface area contributed by atoms with Gasteiger partial charge in [0.05, 0.1) is 9.79 Å². The molecule has 0 radical (unpaired) electrons. The highest BCUT2D eigenvalue weighted by Gasteiger charge is 2.21. The highest BCUT2D eigenvalue weighted by atomic mass is 35.5. The molecule has 2 aromatic heterocycles. The number of hydrogen-bond acceptors (Lipinski definition) is 6. The van der Waals surface area contributed by atoms with Crippen LogP contribution in [0.15, 0.2) is 104 Å². The molecule has 6 nitrogen and oxygen atoms in total. The van der Waals surface area contributed by atoms with E-state index in [0.717, 1.165) is 11.1 Å². The van der Waals surface area contributed by atoms with Crippen molar-refractivity contribution in [1.82, 2.24) is 9.97 Å². The molecule has 0 amide bonds. The largest absolute Gasteiger partial charge is 0.436 e. The van der Waals surface area contributed by atoms with Crippen molar-refractivity contribution in [1.29, 1.82) is 0 Å². The number of aromatic nitrogens is 2. The molecule has 172 valence electrons. The molecule has 2 heterocycles. The zero-order valence-electron chi connectivity index (χ0n) is 17.8. The van der Waals surface area contributed by atoms with E-state index in [-0.39, 0.29) is 9.79 Å². The third-order valence-electron chi connectivity index (χ3n) is 5.52. The minimum absolute atomic E-state index is 0.0839. The summed E-state index contributed by atoms with van der Waals surface area (Å²) >= 11 is 11.9. The van der Waals surface area contributed by atoms with Gasteiger partial charge in [-0.15, -0.1) is 0 Å². The van der Waals surface area contributed by atoms with Crippen molar-refractivity contribution in [2.75, 3.05) is 0 Å². The first-order chi connectivity index (χ1) is 16.9. The molecule has 0 spiro atoms. The predicted octanol–water partition coefficient (Wildman–Crippen LogP) is 7.44. The van der Waals surface area contributed by atoms with E-state index in [4.69, 9.17) is 32.0 Å². The molecule has 0 unspecified atom stereocenters. The lowest BCUT2D eigenvalue weighted by atomic mass is 10.2. The first-order valence-corrected chi connectivity index (χ1v) is 12.7. The molecular weight excluding hydrogens is 507 g/mol. The molecule has 6 rings (SSSR count). The highest BCUT2D eigenvalue weighted by Crippen LogP contribution is 2.31. The predicted molar refractivity (Wildman–Crippen MR) is 134 cm³/mol. The lowest BCUT2D eigenvalue weighted by Gasteiger charge is -2.04. The van der Waals surface area contributed by atoms with Crippen LogP contribution in [-0.2, 0) is 9.84 Å². The standard InChI is InChI=1S/C26H14Cl2N2O4S/c27-17-5-1-15(2-6-17)25-29-21-11-9-19(13-23(21)33-25)35(31,32)20-10-12-22-24(14-20)34-26(30-22)16-3-7-18(28)8-4-16/h1-14H. The van der Waals surface area contributed by atoms with Crippen LogP contribution in [-0.4, -0.2) is 18.4 Å². The summed E-state index contributed by atoms with van der Waals surface area (Å²) in [5.41, 5.74) is 3.30. The van der Waals surface area contributed by atoms with Gasteiger partial charge >= 0.3 is 0 Å². The minimum atomic E-state index is -3.85. The van der Waals surface area contributed by atoms with Crippen molar-refractivity contribution < 1.29 is 17.3 Å². The fourth-order valence-corrected chi connectivity index (χ4v) is 5.26. The van der Waals surface area contributed by atoms with Crippen molar-refractivity contribution >= 4 is 55.2 Å². The second-order valence-electron chi connectivity index (χ2n) is 7.81. The van der Waals surface area contributed by atoms with E-state index in [1.54, 1.807) is 60.7 Å². The zero-order chi connectivity index (χ0) is 24.2. The van der Waals surface area contributed by atoms with E-state index >= 15 is 0 Å². The van der Waals surface area contributed by atoms with Gasteiger partial charge in [0.1, 0.15) is 11.0 Å². The van der Waals surface area contributed by atoms with E-state index in [0.29, 0.717) is 44.0 Å². The molecule has 0 atom stereocenters. The number of fused-ring (bicyclic) bond motifs is 2. The Kier molecular flexibility index (Phi) is 5.14. The molecule has 4 aromatic carbocycles. The first kappa shape index (κ1) is 21.9. The summed E-state index contributed by atoms with van der Waals surface area (Å²) in [5, 5.41) is 1.20. The fourth-order valence-electron chi connectivity index (χ4n) is 3.71. The Morgan fingerprint density at radius 2 is 0.971 bits per heavy atom. The average Bonchev–Trinajstić information content (AvgIpc) is 3.48. The zero-order valence-corrected chi connectivity index (χ0v) is 20.1. The van der Waals surface area contributed by atoms with Gasteiger partial charge in [-0.05, 0) is 72.8 Å². The molecule has 0 fully saturated rings. The van der Waals surface area contributed by atoms with Crippen LogP contribution in [0, 0.1) is 0 Å². The Morgan fingerprint density at radius 1 is 0.571 bits per heavy atom. The summed E-state index contributed by atoms with van der Waals surface area (Å²) in [6, 6.07) is 23.3. The number of halogens is 2. The van der Waals surface area contributed by atoms with Crippen molar-refractivity contribution in [2.45, 2.75) is 9.79 Å². The lowest BCUT2D eigenvalue weighted by molar-refractivity contribution is 0.593. The van der Waals surface area contributed by atoms with Gasteiger partial charge < -0.3 is 8.83 Å². The monoisotopic (exact) mass is 520 g/mol. The van der Waals surface area contributed by atoms with Crippen molar-refractivity contribution in [3.8, 4) is 22.9 Å². The summed E-state index contributed by atoms with van der Waals surface area (Å²) in [5.74, 6) is 0.757. The Balaban J connectivity index is 1.37. The van der Waals surface area contributed by atoms with Gasteiger partial charge in [0, 0.05) is 33.3 Å². The van der Waals surface area contributed by atoms with E-state index in [1.807, 2.05) is 0 Å². The van der Waals surface area contributed by atoms with Gasteiger partial charge in [-0.3, -0.25) is 0 Å². The Labute approximate surface area is 209 Å². The lowest BCUT2D eigenvalue weighted by Crippen LogP contribution is -2.01. The summed E-state index contributed by atoms with van der Waals surface area (Å²) in [4.78, 5) is 9.07. The minimum Gasteiger partial charge on any atom is -0.436 e. The van der Waals surface area contributed by atoms with Gasteiger partial charge in [0.15, 0.2) is 11.2 Å². The smallest absolute Gasteiger partial charge is 0.227 e. The topological polar surface area (TPSA) is 86.2 Å². The molecule has 9 heteroatoms. The summed E-state index contributed by atoms with van der Waals surface area (Å²) in [6.45, 7) is 0. The molecule has 35 heavy (non-hydrogen) atoms. The quantitative estimate of drug-likeness (QED) is 0.240. The van der Waals surface area contributed by atoms with Gasteiger partial charge in [-0.25, -0.2) is 18.4 Å². The summed E-state index contributed by atoms with van der Waals surface area (Å²) in [7, 11) is -3.85. The Hall–Kier alpha value is -3.65. The van der Waals surface area contributed by atoms with Crippen molar-refractivity contribution in [3.05, 3.63) is 95.0 Å². The molecule has 0 aliphatic carbocycles. The Morgan fingerprint density at radius 3 is 1.37 bits per heavy atom. The SMILES string of the molecule is O=S(=O)(c1ccc2nc(-c3ccc(Cl)cc3)oc2c1)c1ccc2nc(-c3ccc(Cl)cc3)oc2c1. The molecule has 6 aromatic rings. The second kappa shape index (κ2) is 8.23. The van der Waals surface area contributed by atoms with Crippen molar-refractivity contribution in [2.24, 2.45) is 0 Å². The van der Waals surface area contributed by atoms with Crippen LogP contribution in [0.2, 0.25) is 10.0 Å². The highest BCUT2D eigenvalue weighted by molar-refractivity contribution is 7.91. The van der Waals surface area contributed by atoms with Crippen LogP contribution >= 0.6 is 23.2 Å². The molecule has 0 N–H and O–H groups in total. The van der Waals surface area contributed by atoms with Crippen molar-refractivity contribution in [3.63, 3.8) is 0 Å². The molecule has 0 aliphatic heterocycles. The molecule has 0 aliphatic rings. The van der Waals surface area contributed by atoms with E-state index in [9.17, 15) is 8.42 Å². The van der Waals surface area contributed by atoms with Gasteiger partial charge in [0.25, 0.3) is 0 Å². The molecule has 0 saturated carbocycles. The maximum atomic E-state index is 13.4. The summed E-state index contributed by atoms with van der Waals surface area (Å²) in [6.07, 6.45) is 0. The van der Waals surface area contributed by atoms with Crippen LogP contribution < -0.4 is 0 Å². The molecular formula is C26H14Cl2N2O4S. The van der Waals surface area contributed by atoms with Crippen LogP contribution in [0.5, 0.6) is 0 Å². The number of nitrogens with zero attached hydrogens (tertiary/aromatic N) is 2. The van der Waals surface area contributed by atoms with E-state index in [1.165, 1.54) is 24.3 Å². The van der Waals surface area contributed by atoms with E-state index < -0.39 is 9.84 Å². The number of hydrogen-bond donors (Lipinski definition) is 0. The Bertz CT molecular complexity index is 1690. The fraction of sp³-hybridized carbons (Fsp3) is 0. The first-order valence-electron chi connectivity index (χ1n) is 10.4. The van der Waals surface area contributed by atoms with Gasteiger partial charge in [0.2, 0.25) is 21.6 Å². The maximum absolute atomic E-state index is 13.4. The number of oxazole rings is 2. The molecule has 0 saturated heterocycles. The number of benzene rings is 4. The van der Waals surface area contributed by atoms with Crippen LogP contribution in [0.25, 0.3) is 45.1 Å². The van der Waals surface area contributed by atoms with Crippen LogP contribution in [0.1, 0.15) is 0 Å². The van der Waals surface area contributed by atoms with Gasteiger partial charge in [-0.2, -0.15) is 0 Å². The van der Waals surface area contributed by atoms with Gasteiger partial charge in [-0.1, -0.05) is 23.2 Å².